The Labute approximate surface area is 107 Å². The molecule has 1 aliphatic carbocycles. The highest BCUT2D eigenvalue weighted by Gasteiger charge is 2.23. The molecule has 5 heteroatoms. The van der Waals surface area contributed by atoms with E-state index in [9.17, 15) is 0 Å². The van der Waals surface area contributed by atoms with E-state index in [1.54, 1.807) is 0 Å². The molecule has 0 bridgehead atoms. The first-order chi connectivity index (χ1) is 8.75. The van der Waals surface area contributed by atoms with E-state index in [4.69, 9.17) is 0 Å². The number of rotatable bonds is 3. The quantitative estimate of drug-likeness (QED) is 0.887. The van der Waals surface area contributed by atoms with E-state index in [0.29, 0.717) is 6.04 Å². The standard InChI is InChI=1S/C13H19N5/c1-17-7-6-14-13(17)9-15-11-4-3-5-12-10(11)8-16-18(12)2/h6-8,11,15H,3-5,9H2,1-2H3. The first-order valence-electron chi connectivity index (χ1n) is 6.46. The maximum Gasteiger partial charge on any atom is 0.122 e. The largest absolute Gasteiger partial charge is 0.337 e. The van der Waals surface area contributed by atoms with Crippen LogP contribution < -0.4 is 5.32 Å². The molecule has 2 aromatic rings. The van der Waals surface area contributed by atoms with Crippen LogP contribution in [0.25, 0.3) is 0 Å². The van der Waals surface area contributed by atoms with Crippen molar-refractivity contribution in [2.45, 2.75) is 31.8 Å². The van der Waals surface area contributed by atoms with Gasteiger partial charge in [0.1, 0.15) is 5.82 Å². The highest BCUT2D eigenvalue weighted by Crippen LogP contribution is 2.29. The van der Waals surface area contributed by atoms with Gasteiger partial charge in [0, 0.05) is 43.8 Å². The minimum absolute atomic E-state index is 0.416. The Hall–Kier alpha value is -1.62. The predicted molar refractivity (Wildman–Crippen MR) is 68.9 cm³/mol. The van der Waals surface area contributed by atoms with Crippen LogP contribution in [-0.2, 0) is 27.1 Å². The zero-order chi connectivity index (χ0) is 12.5. The van der Waals surface area contributed by atoms with Gasteiger partial charge in [-0.15, -0.1) is 0 Å². The van der Waals surface area contributed by atoms with Gasteiger partial charge in [-0.1, -0.05) is 0 Å². The number of hydrogen-bond donors (Lipinski definition) is 1. The lowest BCUT2D eigenvalue weighted by atomic mass is 9.93. The fourth-order valence-electron chi connectivity index (χ4n) is 2.70. The number of imidazole rings is 1. The van der Waals surface area contributed by atoms with Crippen molar-refractivity contribution < 1.29 is 0 Å². The van der Waals surface area contributed by atoms with Crippen molar-refractivity contribution in [2.75, 3.05) is 0 Å². The Bertz CT molecular complexity index is 539. The first-order valence-corrected chi connectivity index (χ1v) is 6.46. The summed E-state index contributed by atoms with van der Waals surface area (Å²) in [6, 6.07) is 0.416. The van der Waals surface area contributed by atoms with E-state index in [1.807, 2.05) is 37.4 Å². The van der Waals surface area contributed by atoms with Crippen LogP contribution in [0.3, 0.4) is 0 Å². The molecule has 3 rings (SSSR count). The fraction of sp³-hybridized carbons (Fsp3) is 0.538. The third-order valence-electron chi connectivity index (χ3n) is 3.80. The van der Waals surface area contributed by atoms with Gasteiger partial charge in [-0.25, -0.2) is 4.98 Å². The smallest absolute Gasteiger partial charge is 0.122 e. The van der Waals surface area contributed by atoms with E-state index >= 15 is 0 Å². The summed E-state index contributed by atoms with van der Waals surface area (Å²) in [5.74, 6) is 1.08. The van der Waals surface area contributed by atoms with Gasteiger partial charge in [0.05, 0.1) is 12.7 Å². The van der Waals surface area contributed by atoms with Crippen molar-refractivity contribution in [1.82, 2.24) is 24.6 Å². The topological polar surface area (TPSA) is 47.7 Å². The summed E-state index contributed by atoms with van der Waals surface area (Å²) in [6.07, 6.45) is 9.38. The summed E-state index contributed by atoms with van der Waals surface area (Å²) >= 11 is 0. The first kappa shape index (κ1) is 11.5. The van der Waals surface area contributed by atoms with E-state index in [1.165, 1.54) is 24.1 Å². The van der Waals surface area contributed by atoms with Gasteiger partial charge < -0.3 is 9.88 Å². The van der Waals surface area contributed by atoms with Crippen molar-refractivity contribution in [3.8, 4) is 0 Å². The van der Waals surface area contributed by atoms with Gasteiger partial charge in [0.25, 0.3) is 0 Å². The fourth-order valence-corrected chi connectivity index (χ4v) is 2.70. The van der Waals surface area contributed by atoms with Crippen LogP contribution in [0.1, 0.15) is 36.0 Å². The molecular weight excluding hydrogens is 226 g/mol. The summed E-state index contributed by atoms with van der Waals surface area (Å²) in [4.78, 5) is 4.34. The number of aryl methyl sites for hydroxylation is 2. The van der Waals surface area contributed by atoms with Crippen molar-refractivity contribution in [3.63, 3.8) is 0 Å². The Kier molecular flexibility index (Phi) is 2.91. The number of aromatic nitrogens is 4. The molecule has 0 amide bonds. The molecule has 5 nitrogen and oxygen atoms in total. The average Bonchev–Trinajstić information content (AvgIpc) is 2.95. The third-order valence-corrected chi connectivity index (χ3v) is 3.80. The van der Waals surface area contributed by atoms with Crippen LogP contribution in [-0.4, -0.2) is 19.3 Å². The Morgan fingerprint density at radius 3 is 3.11 bits per heavy atom. The van der Waals surface area contributed by atoms with Crippen LogP contribution >= 0.6 is 0 Å². The molecular formula is C13H19N5. The molecule has 0 saturated carbocycles. The SMILES string of the molecule is Cn1ccnc1CNC1CCCc2c1cnn2C. The minimum Gasteiger partial charge on any atom is -0.337 e. The molecule has 96 valence electrons. The molecule has 1 aliphatic rings. The molecule has 0 aliphatic heterocycles. The molecule has 0 radical (unpaired) electrons. The van der Waals surface area contributed by atoms with E-state index in [-0.39, 0.29) is 0 Å². The van der Waals surface area contributed by atoms with Crippen LogP contribution in [0, 0.1) is 0 Å². The molecule has 2 aromatic heterocycles. The molecule has 0 fully saturated rings. The highest BCUT2D eigenvalue weighted by atomic mass is 15.3. The maximum atomic E-state index is 4.37. The molecule has 0 spiro atoms. The molecule has 0 saturated heterocycles. The average molecular weight is 245 g/mol. The van der Waals surface area contributed by atoms with Crippen LogP contribution in [0.4, 0.5) is 0 Å². The zero-order valence-corrected chi connectivity index (χ0v) is 10.9. The molecule has 18 heavy (non-hydrogen) atoms. The molecule has 1 unspecified atom stereocenters. The van der Waals surface area contributed by atoms with E-state index in [2.05, 4.69) is 20.0 Å². The van der Waals surface area contributed by atoms with E-state index < -0.39 is 0 Å². The molecule has 0 aromatic carbocycles. The number of nitrogens with zero attached hydrogens (tertiary/aromatic N) is 4. The summed E-state index contributed by atoms with van der Waals surface area (Å²) < 4.78 is 4.06. The third kappa shape index (κ3) is 1.95. The lowest BCUT2D eigenvalue weighted by Crippen LogP contribution is -2.26. The number of hydrogen-bond acceptors (Lipinski definition) is 3. The zero-order valence-electron chi connectivity index (χ0n) is 10.9. The van der Waals surface area contributed by atoms with Crippen LogP contribution in [0.2, 0.25) is 0 Å². The number of fused-ring (bicyclic) bond motifs is 1. The molecule has 1 atom stereocenters. The molecule has 1 N–H and O–H groups in total. The minimum atomic E-state index is 0.416. The van der Waals surface area contributed by atoms with Crippen molar-refractivity contribution in [3.05, 3.63) is 35.7 Å². The van der Waals surface area contributed by atoms with Gasteiger partial charge >= 0.3 is 0 Å². The van der Waals surface area contributed by atoms with Crippen LogP contribution in [0.15, 0.2) is 18.6 Å². The normalized spacial score (nSPS) is 18.9. The Morgan fingerprint density at radius 2 is 2.33 bits per heavy atom. The second-order valence-corrected chi connectivity index (χ2v) is 4.95. The van der Waals surface area contributed by atoms with Crippen LogP contribution in [0.5, 0.6) is 0 Å². The monoisotopic (exact) mass is 245 g/mol. The summed E-state index contributed by atoms with van der Waals surface area (Å²) in [6.45, 7) is 0.808. The summed E-state index contributed by atoms with van der Waals surface area (Å²) in [5.41, 5.74) is 2.73. The summed E-state index contributed by atoms with van der Waals surface area (Å²) in [5, 5.41) is 7.96. The maximum absolute atomic E-state index is 4.37. The summed E-state index contributed by atoms with van der Waals surface area (Å²) in [7, 11) is 4.06. The second-order valence-electron chi connectivity index (χ2n) is 4.95. The lowest BCUT2D eigenvalue weighted by Gasteiger charge is -2.23. The highest BCUT2D eigenvalue weighted by molar-refractivity contribution is 5.24. The van der Waals surface area contributed by atoms with Crippen molar-refractivity contribution >= 4 is 0 Å². The Balaban J connectivity index is 1.73. The van der Waals surface area contributed by atoms with Gasteiger partial charge in [-0.3, -0.25) is 4.68 Å². The lowest BCUT2D eigenvalue weighted by molar-refractivity contribution is 0.443. The van der Waals surface area contributed by atoms with Crippen molar-refractivity contribution in [1.29, 1.82) is 0 Å². The number of nitrogens with one attached hydrogen (secondary N) is 1. The van der Waals surface area contributed by atoms with Crippen molar-refractivity contribution in [2.24, 2.45) is 14.1 Å². The Morgan fingerprint density at radius 1 is 1.44 bits per heavy atom. The predicted octanol–water partition coefficient (Wildman–Crippen LogP) is 1.32. The van der Waals surface area contributed by atoms with Gasteiger partial charge in [-0.05, 0) is 19.3 Å². The molecule has 2 heterocycles. The van der Waals surface area contributed by atoms with Gasteiger partial charge in [0.2, 0.25) is 0 Å². The van der Waals surface area contributed by atoms with Gasteiger partial charge in [-0.2, -0.15) is 5.10 Å². The van der Waals surface area contributed by atoms with Gasteiger partial charge in [0.15, 0.2) is 0 Å². The van der Waals surface area contributed by atoms with E-state index in [0.717, 1.165) is 18.8 Å². The second kappa shape index (κ2) is 4.57.